The lowest BCUT2D eigenvalue weighted by Gasteiger charge is -2.38. The molecule has 3 heterocycles. The van der Waals surface area contributed by atoms with Crippen molar-refractivity contribution >= 4 is 11.5 Å². The van der Waals surface area contributed by atoms with Gasteiger partial charge in [0.15, 0.2) is 5.65 Å². The predicted octanol–water partition coefficient (Wildman–Crippen LogP) is 2.21. The summed E-state index contributed by atoms with van der Waals surface area (Å²) in [6, 6.07) is 3.93. The standard InChI is InChI=1S/C15H19F3N6/c16-15(17,18)14-20-19-12-5-6-13(21-24(12)14)23-9-7-22(8-10-23)11-3-1-2-4-11/h5-6,11H,1-4,7-10H2. The number of hydrogen-bond acceptors (Lipinski definition) is 5. The first-order valence-corrected chi connectivity index (χ1v) is 8.31. The number of anilines is 1. The number of halogens is 3. The molecule has 130 valence electrons. The first-order valence-electron chi connectivity index (χ1n) is 8.31. The highest BCUT2D eigenvalue weighted by Crippen LogP contribution is 2.28. The molecule has 6 nitrogen and oxygen atoms in total. The molecular weight excluding hydrogens is 321 g/mol. The molecule has 24 heavy (non-hydrogen) atoms. The van der Waals surface area contributed by atoms with Gasteiger partial charge in [-0.3, -0.25) is 4.90 Å². The molecular formula is C15H19F3N6. The Labute approximate surface area is 137 Å². The molecule has 1 saturated heterocycles. The predicted molar refractivity (Wildman–Crippen MR) is 81.8 cm³/mol. The normalized spacial score (nSPS) is 21.0. The summed E-state index contributed by atoms with van der Waals surface area (Å²) in [5.74, 6) is -0.539. The van der Waals surface area contributed by atoms with Crippen LogP contribution in [-0.4, -0.2) is 56.9 Å². The van der Waals surface area contributed by atoms with Crippen molar-refractivity contribution < 1.29 is 13.2 Å². The quantitative estimate of drug-likeness (QED) is 0.839. The SMILES string of the molecule is FC(F)(F)c1nnc2ccc(N3CCN(C4CCCC4)CC3)nn12. The maximum absolute atomic E-state index is 13.0. The van der Waals surface area contributed by atoms with Crippen LogP contribution in [0.4, 0.5) is 19.0 Å². The van der Waals surface area contributed by atoms with Crippen LogP contribution in [0.2, 0.25) is 0 Å². The lowest BCUT2D eigenvalue weighted by Crippen LogP contribution is -2.50. The lowest BCUT2D eigenvalue weighted by atomic mass is 10.2. The molecule has 0 amide bonds. The minimum absolute atomic E-state index is 0.107. The van der Waals surface area contributed by atoms with E-state index in [1.165, 1.54) is 31.7 Å². The average Bonchev–Trinajstić information content (AvgIpc) is 3.23. The minimum Gasteiger partial charge on any atom is -0.353 e. The van der Waals surface area contributed by atoms with Crippen LogP contribution in [0.1, 0.15) is 31.5 Å². The van der Waals surface area contributed by atoms with Gasteiger partial charge in [0, 0.05) is 32.2 Å². The van der Waals surface area contributed by atoms with Crippen LogP contribution >= 0.6 is 0 Å². The number of nitrogens with zero attached hydrogens (tertiary/aromatic N) is 6. The second-order valence-electron chi connectivity index (χ2n) is 6.44. The largest absolute Gasteiger partial charge is 0.453 e. The molecule has 2 fully saturated rings. The summed E-state index contributed by atoms with van der Waals surface area (Å²) >= 11 is 0. The number of fused-ring (bicyclic) bond motifs is 1. The Morgan fingerprint density at radius 1 is 0.958 bits per heavy atom. The van der Waals surface area contributed by atoms with Crippen LogP contribution in [0.5, 0.6) is 0 Å². The minimum atomic E-state index is -4.56. The van der Waals surface area contributed by atoms with Gasteiger partial charge in [0.2, 0.25) is 0 Å². The average molecular weight is 340 g/mol. The summed E-state index contributed by atoms with van der Waals surface area (Å²) in [6.45, 7) is 3.41. The zero-order valence-corrected chi connectivity index (χ0v) is 13.2. The van der Waals surface area contributed by atoms with Crippen LogP contribution in [0.15, 0.2) is 12.1 Å². The number of alkyl halides is 3. The molecule has 0 N–H and O–H groups in total. The molecule has 1 aliphatic heterocycles. The highest BCUT2D eigenvalue weighted by Gasteiger charge is 2.38. The van der Waals surface area contributed by atoms with Crippen molar-refractivity contribution in [2.75, 3.05) is 31.1 Å². The van der Waals surface area contributed by atoms with Crippen molar-refractivity contribution in [1.29, 1.82) is 0 Å². The molecule has 0 bridgehead atoms. The van der Waals surface area contributed by atoms with E-state index in [0.717, 1.165) is 30.7 Å². The van der Waals surface area contributed by atoms with E-state index in [9.17, 15) is 13.2 Å². The highest BCUT2D eigenvalue weighted by molar-refractivity contribution is 5.46. The zero-order chi connectivity index (χ0) is 16.7. The topological polar surface area (TPSA) is 49.6 Å². The van der Waals surface area contributed by atoms with Crippen LogP contribution < -0.4 is 4.90 Å². The highest BCUT2D eigenvalue weighted by atomic mass is 19.4. The third kappa shape index (κ3) is 2.81. The molecule has 1 saturated carbocycles. The Bertz CT molecular complexity index is 714. The summed E-state index contributed by atoms with van der Waals surface area (Å²) < 4.78 is 39.7. The van der Waals surface area contributed by atoms with Crippen LogP contribution in [0.25, 0.3) is 5.65 Å². The molecule has 9 heteroatoms. The molecule has 4 rings (SSSR count). The molecule has 0 spiro atoms. The monoisotopic (exact) mass is 340 g/mol. The first kappa shape index (κ1) is 15.6. The van der Waals surface area contributed by atoms with E-state index in [1.54, 1.807) is 6.07 Å². The molecule has 1 aliphatic carbocycles. The molecule has 0 atom stereocenters. The Morgan fingerprint density at radius 3 is 2.33 bits per heavy atom. The van der Waals surface area contributed by atoms with Crippen molar-refractivity contribution in [3.63, 3.8) is 0 Å². The maximum atomic E-state index is 13.0. The Balaban J connectivity index is 1.52. The van der Waals surface area contributed by atoms with Gasteiger partial charge in [0.1, 0.15) is 5.82 Å². The van der Waals surface area contributed by atoms with Crippen molar-refractivity contribution in [2.24, 2.45) is 0 Å². The van der Waals surface area contributed by atoms with Gasteiger partial charge in [-0.15, -0.1) is 15.3 Å². The molecule has 0 radical (unpaired) electrons. The second kappa shape index (κ2) is 5.87. The third-order valence-electron chi connectivity index (χ3n) is 4.98. The van der Waals surface area contributed by atoms with Crippen LogP contribution in [-0.2, 0) is 6.18 Å². The lowest BCUT2D eigenvalue weighted by molar-refractivity contribution is -0.146. The Kier molecular flexibility index (Phi) is 3.82. The first-order chi connectivity index (χ1) is 11.5. The smallest absolute Gasteiger partial charge is 0.353 e. The van der Waals surface area contributed by atoms with Crippen LogP contribution in [0, 0.1) is 0 Å². The van der Waals surface area contributed by atoms with Crippen LogP contribution in [0.3, 0.4) is 0 Å². The van der Waals surface area contributed by atoms with Crippen molar-refractivity contribution in [3.05, 3.63) is 18.0 Å². The summed E-state index contributed by atoms with van der Waals surface area (Å²) in [5.41, 5.74) is 0.107. The van der Waals surface area contributed by atoms with Crippen molar-refractivity contribution in [2.45, 2.75) is 37.9 Å². The van der Waals surface area contributed by atoms with E-state index in [-0.39, 0.29) is 5.65 Å². The maximum Gasteiger partial charge on any atom is 0.453 e. The van der Waals surface area contributed by atoms with E-state index in [4.69, 9.17) is 0 Å². The molecule has 0 unspecified atom stereocenters. The van der Waals surface area contributed by atoms with E-state index in [0.29, 0.717) is 11.9 Å². The summed E-state index contributed by atoms with van der Waals surface area (Å²) in [5, 5.41) is 10.9. The molecule has 0 aromatic carbocycles. The number of aromatic nitrogens is 4. The van der Waals surface area contributed by atoms with E-state index >= 15 is 0 Å². The number of piperazine rings is 1. The van der Waals surface area contributed by atoms with E-state index in [2.05, 4.69) is 20.2 Å². The summed E-state index contributed by atoms with van der Waals surface area (Å²) in [6.07, 6.45) is 0.569. The second-order valence-corrected chi connectivity index (χ2v) is 6.44. The molecule has 2 aromatic heterocycles. The van der Waals surface area contributed by atoms with Crippen molar-refractivity contribution in [1.82, 2.24) is 24.7 Å². The van der Waals surface area contributed by atoms with Gasteiger partial charge in [-0.05, 0) is 25.0 Å². The van der Waals surface area contributed by atoms with Gasteiger partial charge < -0.3 is 4.90 Å². The van der Waals surface area contributed by atoms with Gasteiger partial charge in [0.25, 0.3) is 5.82 Å². The molecule has 2 aromatic rings. The summed E-state index contributed by atoms with van der Waals surface area (Å²) in [4.78, 5) is 4.53. The Morgan fingerprint density at radius 2 is 1.67 bits per heavy atom. The molecule has 2 aliphatic rings. The Hall–Kier alpha value is -1.90. The van der Waals surface area contributed by atoms with Gasteiger partial charge >= 0.3 is 6.18 Å². The third-order valence-corrected chi connectivity index (χ3v) is 4.98. The van der Waals surface area contributed by atoms with Gasteiger partial charge in [0.05, 0.1) is 0 Å². The number of hydrogen-bond donors (Lipinski definition) is 0. The van der Waals surface area contributed by atoms with Gasteiger partial charge in [-0.1, -0.05) is 12.8 Å². The van der Waals surface area contributed by atoms with Crippen molar-refractivity contribution in [3.8, 4) is 0 Å². The van der Waals surface area contributed by atoms with E-state index in [1.807, 2.05) is 4.90 Å². The van der Waals surface area contributed by atoms with Gasteiger partial charge in [-0.2, -0.15) is 17.7 Å². The fraction of sp³-hybridized carbons (Fsp3) is 0.667. The fourth-order valence-electron chi connectivity index (χ4n) is 3.71. The van der Waals surface area contributed by atoms with E-state index < -0.39 is 12.0 Å². The van der Waals surface area contributed by atoms with Gasteiger partial charge in [-0.25, -0.2) is 0 Å². The fourth-order valence-corrected chi connectivity index (χ4v) is 3.71. The number of rotatable bonds is 2. The summed E-state index contributed by atoms with van der Waals surface area (Å²) in [7, 11) is 0. The zero-order valence-electron chi connectivity index (χ0n) is 13.2.